The van der Waals surface area contributed by atoms with E-state index in [0.29, 0.717) is 12.3 Å². The van der Waals surface area contributed by atoms with E-state index in [-0.39, 0.29) is 5.91 Å². The molecular formula is C21H26N2O. The molecule has 0 radical (unpaired) electrons. The van der Waals surface area contributed by atoms with Gasteiger partial charge in [0.2, 0.25) is 5.91 Å². The molecule has 1 heterocycles. The average Bonchev–Trinajstić information content (AvgIpc) is 2.60. The summed E-state index contributed by atoms with van der Waals surface area (Å²) in [7, 11) is 0. The Kier molecular flexibility index (Phi) is 5.19. The van der Waals surface area contributed by atoms with Gasteiger partial charge in [0.25, 0.3) is 0 Å². The topological polar surface area (TPSA) is 32.3 Å². The van der Waals surface area contributed by atoms with Gasteiger partial charge in [-0.05, 0) is 42.0 Å². The van der Waals surface area contributed by atoms with Crippen molar-refractivity contribution in [3.63, 3.8) is 0 Å². The number of rotatable bonds is 5. The van der Waals surface area contributed by atoms with Gasteiger partial charge in [0.05, 0.1) is 0 Å². The van der Waals surface area contributed by atoms with Crippen LogP contribution in [-0.4, -0.2) is 19.0 Å². The largest absolute Gasteiger partial charge is 0.371 e. The van der Waals surface area contributed by atoms with Crippen LogP contribution < -0.4 is 10.2 Å². The Labute approximate surface area is 144 Å². The van der Waals surface area contributed by atoms with Crippen LogP contribution in [0.1, 0.15) is 43.7 Å². The number of fused-ring (bicyclic) bond motifs is 1. The van der Waals surface area contributed by atoms with Crippen LogP contribution in [0.5, 0.6) is 0 Å². The molecule has 0 atom stereocenters. The van der Waals surface area contributed by atoms with Crippen LogP contribution in [0.15, 0.2) is 48.5 Å². The monoisotopic (exact) mass is 322 g/mol. The zero-order chi connectivity index (χ0) is 16.9. The number of hydrogen-bond donors (Lipinski definition) is 1. The van der Waals surface area contributed by atoms with Gasteiger partial charge >= 0.3 is 0 Å². The molecule has 0 fully saturated rings. The van der Waals surface area contributed by atoms with Gasteiger partial charge in [-0.25, -0.2) is 0 Å². The normalized spacial score (nSPS) is 13.7. The van der Waals surface area contributed by atoms with Gasteiger partial charge < -0.3 is 10.2 Å². The fourth-order valence-electron chi connectivity index (χ4n) is 3.41. The summed E-state index contributed by atoms with van der Waals surface area (Å²) in [6.45, 7) is 6.10. The second-order valence-corrected chi connectivity index (χ2v) is 6.76. The quantitative estimate of drug-likeness (QED) is 0.873. The van der Waals surface area contributed by atoms with Crippen LogP contribution in [0.25, 0.3) is 0 Å². The number of para-hydroxylation sites is 2. The molecule has 0 aliphatic carbocycles. The van der Waals surface area contributed by atoms with Crippen molar-refractivity contribution in [3.8, 4) is 0 Å². The van der Waals surface area contributed by atoms with Crippen molar-refractivity contribution in [2.24, 2.45) is 0 Å². The summed E-state index contributed by atoms with van der Waals surface area (Å²) in [6, 6.07) is 16.6. The van der Waals surface area contributed by atoms with Crippen LogP contribution in [0.3, 0.4) is 0 Å². The van der Waals surface area contributed by atoms with E-state index in [2.05, 4.69) is 54.4 Å². The van der Waals surface area contributed by atoms with E-state index in [1.54, 1.807) is 0 Å². The molecule has 126 valence electrons. The van der Waals surface area contributed by atoms with Crippen molar-refractivity contribution in [3.05, 3.63) is 59.7 Å². The van der Waals surface area contributed by atoms with Crippen molar-refractivity contribution in [1.82, 2.24) is 0 Å². The number of nitrogens with zero attached hydrogens (tertiary/aromatic N) is 1. The predicted molar refractivity (Wildman–Crippen MR) is 101 cm³/mol. The Morgan fingerprint density at radius 1 is 1.12 bits per heavy atom. The lowest BCUT2D eigenvalue weighted by Gasteiger charge is -2.31. The summed E-state index contributed by atoms with van der Waals surface area (Å²) in [6.07, 6.45) is 2.82. The first-order chi connectivity index (χ1) is 11.6. The van der Waals surface area contributed by atoms with Gasteiger partial charge in [-0.2, -0.15) is 0 Å². The summed E-state index contributed by atoms with van der Waals surface area (Å²) in [5.41, 5.74) is 4.82. The van der Waals surface area contributed by atoms with Crippen LogP contribution in [0.4, 0.5) is 11.4 Å². The Hall–Kier alpha value is -2.29. The second-order valence-electron chi connectivity index (χ2n) is 6.76. The number of carbonyl (C=O) groups is 1. The highest BCUT2D eigenvalue weighted by atomic mass is 16.1. The molecule has 0 saturated heterocycles. The smallest absolute Gasteiger partial charge is 0.226 e. The standard InChI is InChI=1S/C21H26N2O/c1-16(2)18-10-4-5-11-19(18)22-21(24)13-15-23-14-7-9-17-8-3-6-12-20(17)23/h3-6,8,10-12,16H,7,9,13-15H2,1-2H3,(H,22,24). The third kappa shape index (κ3) is 3.78. The molecule has 1 N–H and O–H groups in total. The minimum atomic E-state index is 0.0890. The summed E-state index contributed by atoms with van der Waals surface area (Å²) in [4.78, 5) is 14.7. The van der Waals surface area contributed by atoms with E-state index in [1.807, 2.05) is 18.2 Å². The highest BCUT2D eigenvalue weighted by Crippen LogP contribution is 2.27. The Morgan fingerprint density at radius 3 is 2.71 bits per heavy atom. The average molecular weight is 322 g/mol. The maximum Gasteiger partial charge on any atom is 0.226 e. The lowest BCUT2D eigenvalue weighted by Crippen LogP contribution is -2.32. The van der Waals surface area contributed by atoms with Gasteiger partial charge in [0.1, 0.15) is 0 Å². The number of nitrogens with one attached hydrogen (secondary N) is 1. The van der Waals surface area contributed by atoms with Gasteiger partial charge in [0, 0.05) is 30.9 Å². The third-order valence-corrected chi connectivity index (χ3v) is 4.67. The zero-order valence-corrected chi connectivity index (χ0v) is 14.6. The summed E-state index contributed by atoms with van der Waals surface area (Å²) >= 11 is 0. The van der Waals surface area contributed by atoms with Crippen molar-refractivity contribution in [2.75, 3.05) is 23.3 Å². The molecule has 1 amide bonds. The molecule has 0 bridgehead atoms. The van der Waals surface area contributed by atoms with Crippen LogP contribution in [-0.2, 0) is 11.2 Å². The number of benzene rings is 2. The maximum atomic E-state index is 12.4. The predicted octanol–water partition coefficient (Wildman–Crippen LogP) is 4.59. The summed E-state index contributed by atoms with van der Waals surface area (Å²) in [5, 5.41) is 3.09. The van der Waals surface area contributed by atoms with Gasteiger partial charge in [-0.1, -0.05) is 50.2 Å². The number of anilines is 2. The Balaban J connectivity index is 1.61. The van der Waals surface area contributed by atoms with Crippen LogP contribution >= 0.6 is 0 Å². The first kappa shape index (κ1) is 16.6. The van der Waals surface area contributed by atoms with Crippen LogP contribution in [0.2, 0.25) is 0 Å². The summed E-state index contributed by atoms with van der Waals surface area (Å²) in [5.74, 6) is 0.488. The van der Waals surface area contributed by atoms with E-state index in [4.69, 9.17) is 0 Å². The fourth-order valence-corrected chi connectivity index (χ4v) is 3.41. The molecule has 3 rings (SSSR count). The molecule has 2 aromatic carbocycles. The van der Waals surface area contributed by atoms with E-state index >= 15 is 0 Å². The SMILES string of the molecule is CC(C)c1ccccc1NC(=O)CCN1CCCc2ccccc21. The van der Waals surface area contributed by atoms with Gasteiger partial charge in [-0.3, -0.25) is 4.79 Å². The second kappa shape index (κ2) is 7.52. The van der Waals surface area contributed by atoms with Crippen molar-refractivity contribution < 1.29 is 4.79 Å². The molecule has 0 unspecified atom stereocenters. The highest BCUT2D eigenvalue weighted by Gasteiger charge is 2.17. The van der Waals surface area contributed by atoms with Gasteiger partial charge in [0.15, 0.2) is 0 Å². The molecule has 24 heavy (non-hydrogen) atoms. The maximum absolute atomic E-state index is 12.4. The molecule has 3 heteroatoms. The van der Waals surface area contributed by atoms with Gasteiger partial charge in [-0.15, -0.1) is 0 Å². The number of aryl methyl sites for hydroxylation is 1. The summed E-state index contributed by atoms with van der Waals surface area (Å²) < 4.78 is 0. The van der Waals surface area contributed by atoms with Crippen molar-refractivity contribution in [1.29, 1.82) is 0 Å². The first-order valence-corrected chi connectivity index (χ1v) is 8.87. The third-order valence-electron chi connectivity index (χ3n) is 4.67. The van der Waals surface area contributed by atoms with Crippen molar-refractivity contribution in [2.45, 2.75) is 39.0 Å². The molecule has 2 aromatic rings. The fraction of sp³-hybridized carbons (Fsp3) is 0.381. The van der Waals surface area contributed by atoms with E-state index in [0.717, 1.165) is 31.6 Å². The van der Waals surface area contributed by atoms with Crippen LogP contribution in [0, 0.1) is 0 Å². The molecule has 0 saturated carbocycles. The van der Waals surface area contributed by atoms with E-state index in [9.17, 15) is 4.79 Å². The lowest BCUT2D eigenvalue weighted by atomic mass is 10.0. The molecule has 3 nitrogen and oxygen atoms in total. The minimum absolute atomic E-state index is 0.0890. The first-order valence-electron chi connectivity index (χ1n) is 8.87. The number of carbonyl (C=O) groups excluding carboxylic acids is 1. The molecule has 0 spiro atoms. The number of hydrogen-bond acceptors (Lipinski definition) is 2. The molecule has 1 aliphatic heterocycles. The van der Waals surface area contributed by atoms with Crippen molar-refractivity contribution >= 4 is 17.3 Å². The highest BCUT2D eigenvalue weighted by molar-refractivity contribution is 5.92. The molecule has 0 aromatic heterocycles. The van der Waals surface area contributed by atoms with E-state index in [1.165, 1.54) is 16.8 Å². The molecular weight excluding hydrogens is 296 g/mol. The zero-order valence-electron chi connectivity index (χ0n) is 14.6. The Bertz CT molecular complexity index is 708. The van der Waals surface area contributed by atoms with E-state index < -0.39 is 0 Å². The minimum Gasteiger partial charge on any atom is -0.371 e. The Morgan fingerprint density at radius 2 is 1.88 bits per heavy atom. The number of amides is 1. The lowest BCUT2D eigenvalue weighted by molar-refractivity contribution is -0.116. The molecule has 1 aliphatic rings.